The number of anilines is 1. The molecule has 0 spiro atoms. The van der Waals surface area contributed by atoms with E-state index in [-0.39, 0.29) is 0 Å². The summed E-state index contributed by atoms with van der Waals surface area (Å²) >= 11 is 0. The summed E-state index contributed by atoms with van der Waals surface area (Å²) in [7, 11) is 0. The van der Waals surface area contributed by atoms with E-state index in [1.165, 1.54) is 36.1 Å². The van der Waals surface area contributed by atoms with E-state index in [4.69, 9.17) is 0 Å². The predicted octanol–water partition coefficient (Wildman–Crippen LogP) is 5.18. The van der Waals surface area contributed by atoms with Crippen molar-refractivity contribution in [2.24, 2.45) is 5.92 Å². The molecule has 1 rings (SSSR count). The van der Waals surface area contributed by atoms with Gasteiger partial charge in [-0.05, 0) is 55.4 Å². The molecule has 0 aromatic heterocycles. The number of aryl methyl sites for hydroxylation is 2. The minimum absolute atomic E-state index is 0.604. The maximum absolute atomic E-state index is 3.70. The Labute approximate surface area is 113 Å². The number of rotatable bonds is 7. The predicted molar refractivity (Wildman–Crippen MR) is 82.3 cm³/mol. The lowest BCUT2D eigenvalue weighted by atomic mass is 9.97. The molecule has 1 aromatic carbocycles. The monoisotopic (exact) mass is 247 g/mol. The molecule has 0 radical (unpaired) electrons. The largest absolute Gasteiger partial charge is 0.382 e. The Kier molecular flexibility index (Phi) is 6.24. The summed E-state index contributed by atoms with van der Waals surface area (Å²) in [4.78, 5) is 0. The maximum atomic E-state index is 3.70. The Morgan fingerprint density at radius 1 is 1.11 bits per heavy atom. The van der Waals surface area contributed by atoms with Gasteiger partial charge in [0.2, 0.25) is 0 Å². The van der Waals surface area contributed by atoms with Gasteiger partial charge in [-0.2, -0.15) is 0 Å². The van der Waals surface area contributed by atoms with Gasteiger partial charge in [-0.15, -0.1) is 0 Å². The van der Waals surface area contributed by atoms with Gasteiger partial charge in [-0.1, -0.05) is 40.2 Å². The third kappa shape index (κ3) is 4.36. The van der Waals surface area contributed by atoms with Crippen LogP contribution in [0, 0.1) is 12.8 Å². The molecule has 2 atom stereocenters. The Bertz CT molecular complexity index is 357. The molecule has 0 saturated heterocycles. The molecule has 0 aliphatic rings. The van der Waals surface area contributed by atoms with Crippen molar-refractivity contribution in [2.45, 2.75) is 66.3 Å². The summed E-state index contributed by atoms with van der Waals surface area (Å²) in [6.45, 7) is 11.3. The van der Waals surface area contributed by atoms with E-state index >= 15 is 0 Å². The smallest absolute Gasteiger partial charge is 0.0345 e. The molecule has 1 N–H and O–H groups in total. The van der Waals surface area contributed by atoms with Gasteiger partial charge in [0.1, 0.15) is 0 Å². The highest BCUT2D eigenvalue weighted by atomic mass is 14.9. The first-order valence-corrected chi connectivity index (χ1v) is 7.46. The summed E-state index contributed by atoms with van der Waals surface area (Å²) in [5.41, 5.74) is 4.14. The van der Waals surface area contributed by atoms with Crippen molar-refractivity contribution in [3.63, 3.8) is 0 Å². The highest BCUT2D eigenvalue weighted by molar-refractivity contribution is 5.49. The van der Waals surface area contributed by atoms with Gasteiger partial charge in [-0.25, -0.2) is 0 Å². The zero-order chi connectivity index (χ0) is 13.5. The van der Waals surface area contributed by atoms with Crippen molar-refractivity contribution < 1.29 is 0 Å². The normalized spacial score (nSPS) is 14.3. The Balaban J connectivity index is 2.69. The summed E-state index contributed by atoms with van der Waals surface area (Å²) in [5, 5.41) is 3.70. The van der Waals surface area contributed by atoms with E-state index < -0.39 is 0 Å². The fourth-order valence-electron chi connectivity index (χ4n) is 2.36. The average molecular weight is 247 g/mol. The lowest BCUT2D eigenvalue weighted by Gasteiger charge is -2.22. The second-order valence-corrected chi connectivity index (χ2v) is 5.49. The highest BCUT2D eigenvalue weighted by Gasteiger charge is 2.10. The lowest BCUT2D eigenvalue weighted by Crippen LogP contribution is -2.21. The molecule has 102 valence electrons. The first-order chi connectivity index (χ1) is 8.60. The van der Waals surface area contributed by atoms with Crippen LogP contribution in [-0.2, 0) is 6.42 Å². The van der Waals surface area contributed by atoms with Gasteiger partial charge in [0.15, 0.2) is 0 Å². The van der Waals surface area contributed by atoms with Gasteiger partial charge in [-0.3, -0.25) is 0 Å². The summed E-state index contributed by atoms with van der Waals surface area (Å²) in [6, 6.07) is 7.37. The van der Waals surface area contributed by atoms with Gasteiger partial charge < -0.3 is 5.32 Å². The quantitative estimate of drug-likeness (QED) is 0.699. The number of nitrogens with one attached hydrogen (secondary N) is 1. The first-order valence-electron chi connectivity index (χ1n) is 7.46. The Morgan fingerprint density at radius 3 is 2.39 bits per heavy atom. The third-order valence-electron chi connectivity index (χ3n) is 3.98. The van der Waals surface area contributed by atoms with Gasteiger partial charge in [0.05, 0.1) is 0 Å². The molecular weight excluding hydrogens is 218 g/mol. The molecule has 1 aromatic rings. The van der Waals surface area contributed by atoms with E-state index in [1.54, 1.807) is 0 Å². The standard InChI is InChI=1S/C17H29N/c1-6-13(4)11-16(8-3)18-17-10-9-14(5)15(7-2)12-17/h9-10,12-13,16,18H,6-8,11H2,1-5H3. The van der Waals surface area contributed by atoms with Crippen LogP contribution in [0.3, 0.4) is 0 Å². The number of hydrogen-bond acceptors (Lipinski definition) is 1. The van der Waals surface area contributed by atoms with Gasteiger partial charge in [0, 0.05) is 11.7 Å². The van der Waals surface area contributed by atoms with Crippen molar-refractivity contribution in [3.05, 3.63) is 29.3 Å². The van der Waals surface area contributed by atoms with E-state index in [9.17, 15) is 0 Å². The van der Waals surface area contributed by atoms with Crippen LogP contribution in [-0.4, -0.2) is 6.04 Å². The fraction of sp³-hybridized carbons (Fsp3) is 0.647. The first kappa shape index (κ1) is 15.1. The maximum Gasteiger partial charge on any atom is 0.0345 e. The van der Waals surface area contributed by atoms with E-state index in [0.717, 1.165) is 12.3 Å². The minimum Gasteiger partial charge on any atom is -0.382 e. The van der Waals surface area contributed by atoms with Crippen LogP contribution >= 0.6 is 0 Å². The average Bonchev–Trinajstić information content (AvgIpc) is 2.39. The summed E-state index contributed by atoms with van der Waals surface area (Å²) in [6.07, 6.45) is 4.85. The number of benzene rings is 1. The van der Waals surface area contributed by atoms with E-state index in [1.807, 2.05) is 0 Å². The molecule has 1 nitrogen and oxygen atoms in total. The topological polar surface area (TPSA) is 12.0 Å². The summed E-state index contributed by atoms with van der Waals surface area (Å²) in [5.74, 6) is 0.804. The Morgan fingerprint density at radius 2 is 1.83 bits per heavy atom. The lowest BCUT2D eigenvalue weighted by molar-refractivity contribution is 0.462. The van der Waals surface area contributed by atoms with Crippen LogP contribution < -0.4 is 5.32 Å². The third-order valence-corrected chi connectivity index (χ3v) is 3.98. The van der Waals surface area contributed by atoms with Crippen LogP contribution in [0.2, 0.25) is 0 Å². The molecule has 0 amide bonds. The second-order valence-electron chi connectivity index (χ2n) is 5.49. The highest BCUT2D eigenvalue weighted by Crippen LogP contribution is 2.20. The molecule has 1 heteroatoms. The van der Waals surface area contributed by atoms with Crippen LogP contribution in [0.1, 0.15) is 58.1 Å². The van der Waals surface area contributed by atoms with Crippen LogP contribution in [0.5, 0.6) is 0 Å². The minimum atomic E-state index is 0.604. The molecule has 0 bridgehead atoms. The molecule has 2 unspecified atom stereocenters. The molecule has 0 aliphatic heterocycles. The zero-order valence-electron chi connectivity index (χ0n) is 12.7. The van der Waals surface area contributed by atoms with Crippen LogP contribution in [0.4, 0.5) is 5.69 Å². The molecule has 0 heterocycles. The van der Waals surface area contributed by atoms with Crippen molar-refractivity contribution in [2.75, 3.05) is 5.32 Å². The van der Waals surface area contributed by atoms with Crippen molar-refractivity contribution in [1.82, 2.24) is 0 Å². The van der Waals surface area contributed by atoms with Crippen molar-refractivity contribution in [3.8, 4) is 0 Å². The SMILES string of the molecule is CCc1cc(NC(CC)CC(C)CC)ccc1C. The Hall–Kier alpha value is -0.980. The molecule has 0 fully saturated rings. The summed E-state index contributed by atoms with van der Waals surface area (Å²) < 4.78 is 0. The van der Waals surface area contributed by atoms with Crippen molar-refractivity contribution >= 4 is 5.69 Å². The van der Waals surface area contributed by atoms with Crippen molar-refractivity contribution in [1.29, 1.82) is 0 Å². The fourth-order valence-corrected chi connectivity index (χ4v) is 2.36. The van der Waals surface area contributed by atoms with Gasteiger partial charge in [0.25, 0.3) is 0 Å². The number of hydrogen-bond donors (Lipinski definition) is 1. The molecular formula is C17H29N. The van der Waals surface area contributed by atoms with E-state index in [2.05, 4.69) is 58.1 Å². The van der Waals surface area contributed by atoms with E-state index in [0.29, 0.717) is 6.04 Å². The molecule has 0 aliphatic carbocycles. The molecule has 0 saturated carbocycles. The zero-order valence-corrected chi connectivity index (χ0v) is 12.7. The van der Waals surface area contributed by atoms with Crippen LogP contribution in [0.25, 0.3) is 0 Å². The second kappa shape index (κ2) is 7.45. The van der Waals surface area contributed by atoms with Gasteiger partial charge >= 0.3 is 0 Å². The van der Waals surface area contributed by atoms with Crippen LogP contribution in [0.15, 0.2) is 18.2 Å². The molecule has 18 heavy (non-hydrogen) atoms.